The summed E-state index contributed by atoms with van der Waals surface area (Å²) in [6, 6.07) is -2.71. The lowest BCUT2D eigenvalue weighted by molar-refractivity contribution is -0.144. The zero-order chi connectivity index (χ0) is 15.4. The molecule has 3 N–H and O–H groups in total. The minimum Gasteiger partial charge on any atom is -0.480 e. The van der Waals surface area contributed by atoms with Gasteiger partial charge in [-0.05, 0) is 6.92 Å². The normalized spacial score (nSPS) is 19.9. The van der Waals surface area contributed by atoms with E-state index in [0.29, 0.717) is 0 Å². The fourth-order valence-corrected chi connectivity index (χ4v) is 1.79. The van der Waals surface area contributed by atoms with Gasteiger partial charge in [0.2, 0.25) is 11.8 Å². The summed E-state index contributed by atoms with van der Waals surface area (Å²) in [5, 5.41) is 13.8. The third-order valence-electron chi connectivity index (χ3n) is 2.88. The molecule has 1 heterocycles. The van der Waals surface area contributed by atoms with Crippen LogP contribution in [0.25, 0.3) is 0 Å². The Morgan fingerprint density at radius 3 is 2.55 bits per heavy atom. The number of carbonyl (C=O) groups excluding carboxylic acids is 3. The fourth-order valence-electron chi connectivity index (χ4n) is 1.79. The minimum absolute atomic E-state index is 0.155. The Hall–Kier alpha value is -2.32. The first-order chi connectivity index (χ1) is 9.23. The molecule has 1 saturated heterocycles. The molecule has 0 aliphatic carbocycles. The molecule has 0 aromatic rings. The van der Waals surface area contributed by atoms with Gasteiger partial charge in [-0.25, -0.2) is 9.59 Å². The van der Waals surface area contributed by atoms with Gasteiger partial charge in [-0.15, -0.1) is 0 Å². The lowest BCUT2D eigenvalue weighted by Gasteiger charge is -2.33. The smallest absolute Gasteiger partial charge is 0.328 e. The van der Waals surface area contributed by atoms with Gasteiger partial charge >= 0.3 is 12.0 Å². The molecule has 0 aromatic heterocycles. The monoisotopic (exact) mass is 286 g/mol. The van der Waals surface area contributed by atoms with E-state index in [9.17, 15) is 19.2 Å². The minimum atomic E-state index is -1.22. The van der Waals surface area contributed by atoms with Gasteiger partial charge in [0.1, 0.15) is 18.6 Å². The highest BCUT2D eigenvalue weighted by Gasteiger charge is 2.36. The van der Waals surface area contributed by atoms with Gasteiger partial charge in [-0.1, -0.05) is 0 Å². The van der Waals surface area contributed by atoms with Crippen LogP contribution in [0.4, 0.5) is 4.79 Å². The molecule has 0 bridgehead atoms. The molecule has 1 aliphatic heterocycles. The van der Waals surface area contributed by atoms with Crippen molar-refractivity contribution < 1.29 is 24.3 Å². The van der Waals surface area contributed by atoms with Crippen molar-refractivity contribution in [3.8, 4) is 0 Å². The van der Waals surface area contributed by atoms with E-state index in [0.717, 1.165) is 4.90 Å². The topological polar surface area (TPSA) is 119 Å². The van der Waals surface area contributed by atoms with E-state index in [1.807, 2.05) is 0 Å². The van der Waals surface area contributed by atoms with Gasteiger partial charge in [-0.3, -0.25) is 14.5 Å². The number of hydrogen-bond donors (Lipinski definition) is 3. The maximum absolute atomic E-state index is 12.0. The standard InChI is InChI=1S/C11H18N4O5/c1-6(9(17)14(2)3)13-11(20)15-5-8(16)12-4-7(15)10(18)19/h6-7H,4-5H2,1-3H3,(H,12,16)(H,13,20)(H,18,19). The number of amides is 4. The average molecular weight is 286 g/mol. The molecule has 9 nitrogen and oxygen atoms in total. The summed E-state index contributed by atoms with van der Waals surface area (Å²) in [7, 11) is 3.08. The van der Waals surface area contributed by atoms with Crippen LogP contribution >= 0.6 is 0 Å². The summed E-state index contributed by atoms with van der Waals surface area (Å²) in [5.74, 6) is -1.98. The SMILES string of the molecule is CC(NC(=O)N1CC(=O)NCC1C(=O)O)C(=O)N(C)C. The molecule has 2 unspecified atom stereocenters. The van der Waals surface area contributed by atoms with Crippen molar-refractivity contribution >= 4 is 23.8 Å². The summed E-state index contributed by atoms with van der Waals surface area (Å²) in [4.78, 5) is 48.2. The van der Waals surface area contributed by atoms with E-state index in [-0.39, 0.29) is 19.0 Å². The van der Waals surface area contributed by atoms with Crippen molar-refractivity contribution in [3.63, 3.8) is 0 Å². The van der Waals surface area contributed by atoms with Crippen molar-refractivity contribution in [3.05, 3.63) is 0 Å². The molecular formula is C11H18N4O5. The number of carbonyl (C=O) groups is 4. The van der Waals surface area contributed by atoms with Crippen LogP contribution in [0.5, 0.6) is 0 Å². The number of nitrogens with zero attached hydrogens (tertiary/aromatic N) is 2. The third-order valence-corrected chi connectivity index (χ3v) is 2.88. The molecule has 2 atom stereocenters. The van der Waals surface area contributed by atoms with Crippen LogP contribution in [0.15, 0.2) is 0 Å². The zero-order valence-electron chi connectivity index (χ0n) is 11.5. The molecule has 20 heavy (non-hydrogen) atoms. The number of likely N-dealkylation sites (N-methyl/N-ethyl adjacent to an activating group) is 1. The number of carboxylic acid groups (broad SMARTS) is 1. The molecule has 1 rings (SSSR count). The second-order valence-corrected chi connectivity index (χ2v) is 4.69. The molecule has 0 saturated carbocycles. The van der Waals surface area contributed by atoms with E-state index < -0.39 is 30.0 Å². The Morgan fingerprint density at radius 2 is 2.05 bits per heavy atom. The van der Waals surface area contributed by atoms with Crippen LogP contribution in [0.2, 0.25) is 0 Å². The van der Waals surface area contributed by atoms with Gasteiger partial charge in [0.15, 0.2) is 0 Å². The van der Waals surface area contributed by atoms with Gasteiger partial charge in [0.25, 0.3) is 0 Å². The van der Waals surface area contributed by atoms with Crippen LogP contribution in [0.1, 0.15) is 6.92 Å². The second-order valence-electron chi connectivity index (χ2n) is 4.69. The maximum Gasteiger partial charge on any atom is 0.328 e. The lowest BCUT2D eigenvalue weighted by Crippen LogP contribution is -2.62. The zero-order valence-corrected chi connectivity index (χ0v) is 11.5. The van der Waals surface area contributed by atoms with Crippen molar-refractivity contribution in [2.45, 2.75) is 19.0 Å². The maximum atomic E-state index is 12.0. The predicted octanol–water partition coefficient (Wildman–Crippen LogP) is -1.94. The van der Waals surface area contributed by atoms with E-state index in [4.69, 9.17) is 5.11 Å². The van der Waals surface area contributed by atoms with Gasteiger partial charge in [0, 0.05) is 20.6 Å². The van der Waals surface area contributed by atoms with Crippen LogP contribution in [0, 0.1) is 0 Å². The number of piperazine rings is 1. The molecule has 0 spiro atoms. The van der Waals surface area contributed by atoms with Crippen molar-refractivity contribution in [2.75, 3.05) is 27.2 Å². The molecule has 112 valence electrons. The third kappa shape index (κ3) is 3.59. The highest BCUT2D eigenvalue weighted by atomic mass is 16.4. The van der Waals surface area contributed by atoms with Crippen molar-refractivity contribution in [1.82, 2.24) is 20.4 Å². The van der Waals surface area contributed by atoms with Crippen LogP contribution in [0.3, 0.4) is 0 Å². The van der Waals surface area contributed by atoms with Crippen molar-refractivity contribution in [2.24, 2.45) is 0 Å². The molecule has 0 aromatic carbocycles. The van der Waals surface area contributed by atoms with Crippen LogP contribution in [-0.2, 0) is 14.4 Å². The Kier molecular flexibility index (Phi) is 4.89. The molecule has 1 fully saturated rings. The quantitative estimate of drug-likeness (QED) is 0.557. The Labute approximate surface area is 115 Å². The van der Waals surface area contributed by atoms with Gasteiger partial charge in [-0.2, -0.15) is 0 Å². The molecule has 1 aliphatic rings. The number of aliphatic carboxylic acids is 1. The van der Waals surface area contributed by atoms with Crippen molar-refractivity contribution in [1.29, 1.82) is 0 Å². The Balaban J connectivity index is 2.75. The molecule has 4 amide bonds. The van der Waals surface area contributed by atoms with E-state index in [1.54, 1.807) is 14.1 Å². The lowest BCUT2D eigenvalue weighted by atomic mass is 10.2. The number of carboxylic acids is 1. The van der Waals surface area contributed by atoms with E-state index >= 15 is 0 Å². The average Bonchev–Trinajstić information content (AvgIpc) is 2.36. The van der Waals surface area contributed by atoms with Crippen LogP contribution < -0.4 is 10.6 Å². The first-order valence-electron chi connectivity index (χ1n) is 6.01. The summed E-state index contributed by atoms with van der Waals surface area (Å²) in [6.45, 7) is 0.975. The molecule has 0 radical (unpaired) electrons. The predicted molar refractivity (Wildman–Crippen MR) is 67.8 cm³/mol. The largest absolute Gasteiger partial charge is 0.480 e. The molecule has 9 heteroatoms. The Morgan fingerprint density at radius 1 is 1.45 bits per heavy atom. The second kappa shape index (κ2) is 6.22. The Bertz CT molecular complexity index is 437. The number of nitrogens with one attached hydrogen (secondary N) is 2. The van der Waals surface area contributed by atoms with Crippen LogP contribution in [-0.4, -0.2) is 78.0 Å². The van der Waals surface area contributed by atoms with Gasteiger partial charge < -0.3 is 20.6 Å². The first-order valence-corrected chi connectivity index (χ1v) is 6.01. The first kappa shape index (κ1) is 15.7. The summed E-state index contributed by atoms with van der Waals surface area (Å²) < 4.78 is 0. The fraction of sp³-hybridized carbons (Fsp3) is 0.636. The highest BCUT2D eigenvalue weighted by Crippen LogP contribution is 2.05. The summed E-state index contributed by atoms with van der Waals surface area (Å²) >= 11 is 0. The van der Waals surface area contributed by atoms with Gasteiger partial charge in [0.05, 0.1) is 0 Å². The van der Waals surface area contributed by atoms with E-state index in [2.05, 4.69) is 10.6 Å². The van der Waals surface area contributed by atoms with E-state index in [1.165, 1.54) is 11.8 Å². The summed E-state index contributed by atoms with van der Waals surface area (Å²) in [6.07, 6.45) is 0. The number of rotatable bonds is 3. The summed E-state index contributed by atoms with van der Waals surface area (Å²) in [5.41, 5.74) is 0. The molecular weight excluding hydrogens is 268 g/mol. The highest BCUT2D eigenvalue weighted by molar-refractivity contribution is 5.92. The number of hydrogen-bond acceptors (Lipinski definition) is 4. The number of urea groups is 1.